The molecule has 0 saturated carbocycles. The van der Waals surface area contributed by atoms with E-state index >= 15 is 0 Å². The molecule has 2 rings (SSSR count). The maximum absolute atomic E-state index is 5.63. The predicted octanol–water partition coefficient (Wildman–Crippen LogP) is 1.98. The van der Waals surface area contributed by atoms with Crippen molar-refractivity contribution in [2.45, 2.75) is 6.42 Å². The summed E-state index contributed by atoms with van der Waals surface area (Å²) in [6.45, 7) is 1.32. The molecule has 112 valence electrons. The highest BCUT2D eigenvalue weighted by Crippen LogP contribution is 2.26. The Morgan fingerprint density at radius 3 is 2.76 bits per heavy atom. The van der Waals surface area contributed by atoms with Gasteiger partial charge in [0.15, 0.2) is 0 Å². The molecule has 0 bridgehead atoms. The lowest BCUT2D eigenvalue weighted by Gasteiger charge is -2.23. The minimum atomic E-state index is 0.528. The SMILES string of the molecule is COc1cccc(N(CCCN)c2nccc(OC)n2)c1. The molecule has 0 unspecified atom stereocenters. The number of hydrogen-bond donors (Lipinski definition) is 1. The second-order valence-corrected chi connectivity index (χ2v) is 4.39. The lowest BCUT2D eigenvalue weighted by molar-refractivity contribution is 0.397. The van der Waals surface area contributed by atoms with Gasteiger partial charge < -0.3 is 20.1 Å². The molecule has 0 saturated heterocycles. The van der Waals surface area contributed by atoms with Crippen LogP contribution in [0, 0.1) is 0 Å². The van der Waals surface area contributed by atoms with Crippen LogP contribution in [0.15, 0.2) is 36.5 Å². The number of rotatable bonds is 7. The van der Waals surface area contributed by atoms with Crippen LogP contribution in [0.1, 0.15) is 6.42 Å². The molecule has 1 aromatic heterocycles. The summed E-state index contributed by atoms with van der Waals surface area (Å²) in [4.78, 5) is 10.7. The van der Waals surface area contributed by atoms with Gasteiger partial charge in [0.05, 0.1) is 14.2 Å². The number of hydrogen-bond acceptors (Lipinski definition) is 6. The third kappa shape index (κ3) is 3.82. The van der Waals surface area contributed by atoms with Crippen molar-refractivity contribution in [2.75, 3.05) is 32.2 Å². The van der Waals surface area contributed by atoms with Crippen LogP contribution >= 0.6 is 0 Å². The molecule has 6 nitrogen and oxygen atoms in total. The van der Waals surface area contributed by atoms with Crippen molar-refractivity contribution in [2.24, 2.45) is 5.73 Å². The molecular formula is C15H20N4O2. The number of ether oxygens (including phenoxy) is 2. The van der Waals surface area contributed by atoms with Gasteiger partial charge in [-0.05, 0) is 25.1 Å². The van der Waals surface area contributed by atoms with Crippen LogP contribution in [0.4, 0.5) is 11.6 Å². The van der Waals surface area contributed by atoms with E-state index in [4.69, 9.17) is 15.2 Å². The Hall–Kier alpha value is -2.34. The van der Waals surface area contributed by atoms with Crippen LogP contribution in [0.2, 0.25) is 0 Å². The Labute approximate surface area is 124 Å². The summed E-state index contributed by atoms with van der Waals surface area (Å²) >= 11 is 0. The van der Waals surface area contributed by atoms with Gasteiger partial charge in [0.2, 0.25) is 11.8 Å². The third-order valence-electron chi connectivity index (χ3n) is 3.02. The maximum Gasteiger partial charge on any atom is 0.233 e. The van der Waals surface area contributed by atoms with E-state index in [1.807, 2.05) is 29.2 Å². The van der Waals surface area contributed by atoms with Gasteiger partial charge in [-0.15, -0.1) is 0 Å². The summed E-state index contributed by atoms with van der Waals surface area (Å²) in [6, 6.07) is 9.48. The molecule has 21 heavy (non-hydrogen) atoms. The van der Waals surface area contributed by atoms with Gasteiger partial charge in [-0.2, -0.15) is 4.98 Å². The van der Waals surface area contributed by atoms with Gasteiger partial charge in [0.1, 0.15) is 5.75 Å². The van der Waals surface area contributed by atoms with Gasteiger partial charge in [0.25, 0.3) is 0 Å². The Morgan fingerprint density at radius 2 is 2.05 bits per heavy atom. The summed E-state index contributed by atoms with van der Waals surface area (Å²) in [5.41, 5.74) is 6.58. The van der Waals surface area contributed by atoms with Gasteiger partial charge in [-0.1, -0.05) is 6.07 Å². The maximum atomic E-state index is 5.63. The number of benzene rings is 1. The first-order chi connectivity index (χ1) is 10.3. The van der Waals surface area contributed by atoms with E-state index in [1.165, 1.54) is 0 Å². The molecular weight excluding hydrogens is 268 g/mol. The molecule has 0 amide bonds. The first kappa shape index (κ1) is 15.1. The lowest BCUT2D eigenvalue weighted by atomic mass is 10.2. The van der Waals surface area contributed by atoms with Crippen molar-refractivity contribution in [1.29, 1.82) is 0 Å². The van der Waals surface area contributed by atoms with Crippen LogP contribution in [-0.4, -0.2) is 37.3 Å². The highest BCUT2D eigenvalue weighted by atomic mass is 16.5. The normalized spacial score (nSPS) is 10.2. The highest BCUT2D eigenvalue weighted by molar-refractivity contribution is 5.59. The van der Waals surface area contributed by atoms with E-state index < -0.39 is 0 Å². The van der Waals surface area contributed by atoms with Crippen LogP contribution in [-0.2, 0) is 0 Å². The summed E-state index contributed by atoms with van der Waals surface area (Å²) in [7, 11) is 3.23. The zero-order chi connectivity index (χ0) is 15.1. The van der Waals surface area contributed by atoms with E-state index in [9.17, 15) is 0 Å². The summed E-state index contributed by atoms with van der Waals surface area (Å²) in [6.07, 6.45) is 2.51. The quantitative estimate of drug-likeness (QED) is 0.840. The fourth-order valence-corrected chi connectivity index (χ4v) is 1.95. The fraction of sp³-hybridized carbons (Fsp3) is 0.333. The van der Waals surface area contributed by atoms with E-state index in [0.717, 1.165) is 24.4 Å². The first-order valence-corrected chi connectivity index (χ1v) is 6.77. The van der Waals surface area contributed by atoms with Crippen LogP contribution < -0.4 is 20.1 Å². The smallest absolute Gasteiger partial charge is 0.233 e. The molecule has 0 aliphatic carbocycles. The first-order valence-electron chi connectivity index (χ1n) is 6.77. The number of anilines is 2. The van der Waals surface area contributed by atoms with Crippen LogP contribution in [0.25, 0.3) is 0 Å². The molecule has 0 aliphatic heterocycles. The molecule has 6 heteroatoms. The molecule has 2 aromatic rings. The Kier molecular flexibility index (Phi) is 5.34. The Morgan fingerprint density at radius 1 is 1.19 bits per heavy atom. The van der Waals surface area contributed by atoms with Crippen molar-refractivity contribution in [3.8, 4) is 11.6 Å². The van der Waals surface area contributed by atoms with Crippen molar-refractivity contribution < 1.29 is 9.47 Å². The van der Waals surface area contributed by atoms with Crippen LogP contribution in [0.5, 0.6) is 11.6 Å². The average Bonchev–Trinajstić information content (AvgIpc) is 2.55. The zero-order valence-corrected chi connectivity index (χ0v) is 12.3. The van der Waals surface area contributed by atoms with E-state index in [-0.39, 0.29) is 0 Å². The fourth-order valence-electron chi connectivity index (χ4n) is 1.95. The number of nitrogens with zero attached hydrogens (tertiary/aromatic N) is 3. The third-order valence-corrected chi connectivity index (χ3v) is 3.02. The largest absolute Gasteiger partial charge is 0.497 e. The summed E-state index contributed by atoms with van der Waals surface area (Å²) in [5.74, 6) is 1.89. The highest BCUT2D eigenvalue weighted by Gasteiger charge is 2.13. The molecule has 0 atom stereocenters. The molecule has 1 aromatic carbocycles. The number of aromatic nitrogens is 2. The van der Waals surface area contributed by atoms with Crippen molar-refractivity contribution in [3.63, 3.8) is 0 Å². The second-order valence-electron chi connectivity index (χ2n) is 4.39. The average molecular weight is 288 g/mol. The standard InChI is InChI=1S/C15H20N4O2/c1-20-13-6-3-5-12(11-13)19(10-4-8-16)15-17-9-7-14(18-15)21-2/h3,5-7,9,11H,4,8,10,16H2,1-2H3. The Bertz CT molecular complexity index is 530. The van der Waals surface area contributed by atoms with Gasteiger partial charge in [0, 0.05) is 30.6 Å². The van der Waals surface area contributed by atoms with Crippen LogP contribution in [0.3, 0.4) is 0 Å². The Balaban J connectivity index is 2.36. The number of methoxy groups -OCH3 is 2. The van der Waals surface area contributed by atoms with Gasteiger partial charge >= 0.3 is 0 Å². The van der Waals surface area contributed by atoms with Crippen molar-refractivity contribution >= 4 is 11.6 Å². The molecule has 0 fully saturated rings. The molecule has 0 radical (unpaired) electrons. The molecule has 2 N–H and O–H groups in total. The summed E-state index contributed by atoms with van der Waals surface area (Å²) in [5, 5.41) is 0. The van der Waals surface area contributed by atoms with Gasteiger partial charge in [-0.25, -0.2) is 4.98 Å². The second kappa shape index (κ2) is 7.44. The van der Waals surface area contributed by atoms with E-state index in [0.29, 0.717) is 18.4 Å². The molecule has 0 spiro atoms. The minimum absolute atomic E-state index is 0.528. The predicted molar refractivity (Wildman–Crippen MR) is 82.3 cm³/mol. The summed E-state index contributed by atoms with van der Waals surface area (Å²) < 4.78 is 10.4. The minimum Gasteiger partial charge on any atom is -0.497 e. The molecule has 0 aliphatic rings. The van der Waals surface area contributed by atoms with Crippen molar-refractivity contribution in [3.05, 3.63) is 36.5 Å². The topological polar surface area (TPSA) is 73.5 Å². The van der Waals surface area contributed by atoms with E-state index in [2.05, 4.69) is 9.97 Å². The monoisotopic (exact) mass is 288 g/mol. The van der Waals surface area contributed by atoms with Gasteiger partial charge in [-0.3, -0.25) is 0 Å². The molecule has 1 heterocycles. The van der Waals surface area contributed by atoms with E-state index in [1.54, 1.807) is 26.5 Å². The van der Waals surface area contributed by atoms with Crippen molar-refractivity contribution in [1.82, 2.24) is 9.97 Å². The number of nitrogens with two attached hydrogens (primary N) is 1. The zero-order valence-electron chi connectivity index (χ0n) is 12.3. The lowest BCUT2D eigenvalue weighted by Crippen LogP contribution is -2.23.